The summed E-state index contributed by atoms with van der Waals surface area (Å²) in [5.41, 5.74) is 2.94. The Morgan fingerprint density at radius 1 is 0.688 bits per heavy atom. The summed E-state index contributed by atoms with van der Waals surface area (Å²) in [5, 5.41) is 13.8. The molecule has 0 fully saturated rings. The lowest BCUT2D eigenvalue weighted by atomic mass is 9.99. The van der Waals surface area contributed by atoms with Gasteiger partial charge in [0.1, 0.15) is 11.5 Å². The van der Waals surface area contributed by atoms with E-state index in [1.165, 1.54) is 0 Å². The Balaban J connectivity index is 1.60. The van der Waals surface area contributed by atoms with E-state index in [4.69, 9.17) is 9.47 Å². The number of hydrogen-bond acceptors (Lipinski definition) is 4. The molecule has 0 saturated heterocycles. The summed E-state index contributed by atoms with van der Waals surface area (Å²) in [4.78, 5) is 12.8. The molecule has 0 spiro atoms. The third kappa shape index (κ3) is 2.94. The van der Waals surface area contributed by atoms with Gasteiger partial charge in [0.25, 0.3) is 0 Å². The van der Waals surface area contributed by atoms with Gasteiger partial charge in [0, 0.05) is 35.7 Å². The third-order valence-corrected chi connectivity index (χ3v) is 6.88. The molecule has 156 valence electrons. The van der Waals surface area contributed by atoms with Gasteiger partial charge >= 0.3 is 5.97 Å². The number of ether oxygens (including phenoxy) is 2. The zero-order chi connectivity index (χ0) is 22.0. The van der Waals surface area contributed by atoms with Crippen molar-refractivity contribution in [3.05, 3.63) is 103 Å². The molecule has 2 heterocycles. The van der Waals surface area contributed by atoms with Gasteiger partial charge in [0.15, 0.2) is 0 Å². The SMILES string of the molecule is O=C1Oc2c(ccc3c4c(ccc23)=C(c2ccc(Br)cc2)C(O)O4)=C1c1ccc(Br)cc1. The minimum absolute atomic E-state index is 0.376. The molecule has 0 radical (unpaired) electrons. The molecule has 32 heavy (non-hydrogen) atoms. The number of esters is 1. The highest BCUT2D eigenvalue weighted by Crippen LogP contribution is 2.36. The van der Waals surface area contributed by atoms with Crippen molar-refractivity contribution in [1.82, 2.24) is 0 Å². The van der Waals surface area contributed by atoms with Crippen molar-refractivity contribution in [3.63, 3.8) is 0 Å². The van der Waals surface area contributed by atoms with Gasteiger partial charge in [0.2, 0.25) is 6.29 Å². The van der Waals surface area contributed by atoms with E-state index >= 15 is 0 Å². The molecule has 0 saturated carbocycles. The van der Waals surface area contributed by atoms with E-state index in [0.29, 0.717) is 22.6 Å². The average Bonchev–Trinajstić information content (AvgIpc) is 3.31. The second kappa shape index (κ2) is 7.30. The smallest absolute Gasteiger partial charge is 0.344 e. The molecule has 0 amide bonds. The van der Waals surface area contributed by atoms with E-state index in [1.54, 1.807) is 0 Å². The molecular weight excluding hydrogens is 536 g/mol. The van der Waals surface area contributed by atoms with Gasteiger partial charge in [-0.1, -0.05) is 56.1 Å². The van der Waals surface area contributed by atoms with Crippen LogP contribution in [-0.2, 0) is 4.79 Å². The summed E-state index contributed by atoms with van der Waals surface area (Å²) in [5.74, 6) is 0.727. The number of fused-ring (bicyclic) bond motifs is 5. The van der Waals surface area contributed by atoms with Crippen LogP contribution in [-0.4, -0.2) is 17.4 Å². The Labute approximate surface area is 199 Å². The predicted octanol–water partition coefficient (Wildman–Crippen LogP) is 4.39. The lowest BCUT2D eigenvalue weighted by Crippen LogP contribution is -2.14. The van der Waals surface area contributed by atoms with Crippen LogP contribution in [0.2, 0.25) is 0 Å². The molecule has 0 aliphatic carbocycles. The lowest BCUT2D eigenvalue weighted by Gasteiger charge is -2.10. The van der Waals surface area contributed by atoms with E-state index in [9.17, 15) is 9.90 Å². The van der Waals surface area contributed by atoms with Gasteiger partial charge in [0.05, 0.1) is 5.57 Å². The molecule has 4 aromatic rings. The first-order valence-electron chi connectivity index (χ1n) is 9.94. The minimum Gasteiger partial charge on any atom is -0.459 e. The highest BCUT2D eigenvalue weighted by Gasteiger charge is 2.30. The first-order valence-corrected chi connectivity index (χ1v) is 11.5. The molecule has 2 aliphatic rings. The molecule has 1 atom stereocenters. The van der Waals surface area contributed by atoms with E-state index in [-0.39, 0.29) is 5.97 Å². The molecular formula is C26H14Br2O4. The van der Waals surface area contributed by atoms with Crippen molar-refractivity contribution < 1.29 is 19.4 Å². The van der Waals surface area contributed by atoms with Crippen LogP contribution in [0.3, 0.4) is 0 Å². The zero-order valence-corrected chi connectivity index (χ0v) is 19.6. The van der Waals surface area contributed by atoms with Crippen molar-refractivity contribution in [2.75, 3.05) is 0 Å². The van der Waals surface area contributed by atoms with E-state index in [0.717, 1.165) is 41.3 Å². The summed E-state index contributed by atoms with van der Waals surface area (Å²) in [6.07, 6.45) is -1.07. The maximum Gasteiger partial charge on any atom is 0.344 e. The summed E-state index contributed by atoms with van der Waals surface area (Å²) in [7, 11) is 0. The van der Waals surface area contributed by atoms with Crippen LogP contribution in [0.5, 0.6) is 11.5 Å². The molecule has 4 aromatic carbocycles. The van der Waals surface area contributed by atoms with Gasteiger partial charge in [-0.25, -0.2) is 4.79 Å². The summed E-state index contributed by atoms with van der Waals surface area (Å²) in [6.45, 7) is 0. The highest BCUT2D eigenvalue weighted by atomic mass is 79.9. The summed E-state index contributed by atoms with van der Waals surface area (Å²) < 4.78 is 13.5. The number of carbonyl (C=O) groups excluding carboxylic acids is 1. The third-order valence-electron chi connectivity index (χ3n) is 5.82. The monoisotopic (exact) mass is 548 g/mol. The number of benzene rings is 4. The van der Waals surface area contributed by atoms with Crippen LogP contribution < -0.4 is 19.9 Å². The Kier molecular flexibility index (Phi) is 4.50. The number of aliphatic hydroxyl groups is 1. The Bertz CT molecular complexity index is 1560. The van der Waals surface area contributed by atoms with Crippen LogP contribution in [0.25, 0.3) is 21.9 Å². The number of rotatable bonds is 2. The number of carbonyl (C=O) groups is 1. The standard InChI is InChI=1S/C26H14Br2O4/c27-15-5-1-13(2-6-15)21-19-11-9-18-17(23(19)31-25(21)29)10-12-20-22(26(30)32-24(18)20)14-3-7-16(28)8-4-14/h1-12,25,29H. The van der Waals surface area contributed by atoms with Crippen molar-refractivity contribution in [2.24, 2.45) is 0 Å². The second-order valence-electron chi connectivity index (χ2n) is 7.64. The first kappa shape index (κ1) is 19.7. The van der Waals surface area contributed by atoms with Gasteiger partial charge in [-0.05, 0) is 59.7 Å². The number of hydrogen-bond donors (Lipinski definition) is 1. The Hall–Kier alpha value is -2.93. The van der Waals surface area contributed by atoms with Crippen molar-refractivity contribution in [3.8, 4) is 11.5 Å². The molecule has 1 unspecified atom stereocenters. The van der Waals surface area contributed by atoms with Crippen LogP contribution in [0.1, 0.15) is 11.1 Å². The topological polar surface area (TPSA) is 55.8 Å². The molecule has 6 heteroatoms. The predicted molar refractivity (Wildman–Crippen MR) is 129 cm³/mol. The minimum atomic E-state index is -1.07. The van der Waals surface area contributed by atoms with E-state index in [2.05, 4.69) is 31.9 Å². The van der Waals surface area contributed by atoms with Crippen LogP contribution in [0, 0.1) is 0 Å². The van der Waals surface area contributed by atoms with Crippen molar-refractivity contribution >= 4 is 59.7 Å². The zero-order valence-electron chi connectivity index (χ0n) is 16.4. The van der Waals surface area contributed by atoms with Gasteiger partial charge < -0.3 is 14.6 Å². The molecule has 0 bridgehead atoms. The molecule has 2 aliphatic heterocycles. The molecule has 4 nitrogen and oxygen atoms in total. The van der Waals surface area contributed by atoms with Crippen molar-refractivity contribution in [1.29, 1.82) is 0 Å². The normalized spacial score (nSPS) is 16.7. The average molecular weight is 550 g/mol. The maximum absolute atomic E-state index is 12.8. The maximum atomic E-state index is 12.8. The highest BCUT2D eigenvalue weighted by molar-refractivity contribution is 9.10. The Morgan fingerprint density at radius 2 is 1.25 bits per heavy atom. The van der Waals surface area contributed by atoms with Crippen LogP contribution in [0.15, 0.2) is 81.7 Å². The lowest BCUT2D eigenvalue weighted by molar-refractivity contribution is -0.127. The fourth-order valence-electron chi connectivity index (χ4n) is 4.37. The molecule has 1 N–H and O–H groups in total. The number of aliphatic hydroxyl groups excluding tert-OH is 1. The molecule has 6 rings (SSSR count). The summed E-state index contributed by atoms with van der Waals surface area (Å²) in [6, 6.07) is 23.0. The fourth-order valence-corrected chi connectivity index (χ4v) is 4.90. The van der Waals surface area contributed by atoms with Gasteiger partial charge in [-0.3, -0.25) is 0 Å². The van der Waals surface area contributed by atoms with E-state index in [1.807, 2.05) is 72.8 Å². The van der Waals surface area contributed by atoms with Gasteiger partial charge in [-0.15, -0.1) is 0 Å². The van der Waals surface area contributed by atoms with Crippen LogP contribution in [0.4, 0.5) is 0 Å². The molecule has 0 aromatic heterocycles. The van der Waals surface area contributed by atoms with E-state index < -0.39 is 6.29 Å². The second-order valence-corrected chi connectivity index (χ2v) is 9.47. The van der Waals surface area contributed by atoms with Crippen molar-refractivity contribution in [2.45, 2.75) is 6.29 Å². The Morgan fingerprint density at radius 3 is 1.91 bits per heavy atom. The number of halogens is 2. The summed E-state index contributed by atoms with van der Waals surface area (Å²) >= 11 is 6.87. The quantitative estimate of drug-likeness (QED) is 0.297. The largest absolute Gasteiger partial charge is 0.459 e. The van der Waals surface area contributed by atoms with Gasteiger partial charge in [-0.2, -0.15) is 0 Å². The first-order chi connectivity index (χ1) is 15.5. The fraction of sp³-hybridized carbons (Fsp3) is 0.0385. The van der Waals surface area contributed by atoms with Crippen LogP contribution >= 0.6 is 31.9 Å².